The van der Waals surface area contributed by atoms with E-state index in [0.717, 1.165) is 44.5 Å². The Bertz CT molecular complexity index is 880. The molecular formula is C24H34N4O3. The maximum Gasteiger partial charge on any atom is 0.410 e. The van der Waals surface area contributed by atoms with Gasteiger partial charge in [0.2, 0.25) is 0 Å². The van der Waals surface area contributed by atoms with Gasteiger partial charge in [-0.2, -0.15) is 0 Å². The van der Waals surface area contributed by atoms with Crippen molar-refractivity contribution in [2.75, 3.05) is 26.2 Å². The van der Waals surface area contributed by atoms with Gasteiger partial charge >= 0.3 is 6.09 Å². The summed E-state index contributed by atoms with van der Waals surface area (Å²) in [4.78, 5) is 29.4. The van der Waals surface area contributed by atoms with Crippen LogP contribution in [0.5, 0.6) is 0 Å². The number of amides is 2. The number of carbonyl (C=O) groups excluding carboxylic acids is 2. The average Bonchev–Trinajstić information content (AvgIpc) is 3.44. The van der Waals surface area contributed by atoms with Crippen LogP contribution in [-0.4, -0.2) is 62.7 Å². The van der Waals surface area contributed by atoms with Crippen LogP contribution in [0.3, 0.4) is 0 Å². The number of piperidine rings is 2. The van der Waals surface area contributed by atoms with E-state index in [2.05, 4.69) is 33.7 Å². The van der Waals surface area contributed by atoms with Crippen molar-refractivity contribution in [1.82, 2.24) is 18.9 Å². The summed E-state index contributed by atoms with van der Waals surface area (Å²) < 4.78 is 9.87. The van der Waals surface area contributed by atoms with E-state index in [0.29, 0.717) is 19.1 Å². The van der Waals surface area contributed by atoms with E-state index in [1.54, 1.807) is 4.90 Å². The molecule has 0 atom stereocenters. The molecule has 2 aliphatic rings. The van der Waals surface area contributed by atoms with Gasteiger partial charge in [0.25, 0.3) is 5.91 Å². The van der Waals surface area contributed by atoms with Crippen LogP contribution in [0.2, 0.25) is 0 Å². The average molecular weight is 427 g/mol. The molecule has 0 saturated carbocycles. The second kappa shape index (κ2) is 8.81. The molecule has 2 amide bonds. The summed E-state index contributed by atoms with van der Waals surface area (Å²) in [6, 6.07) is 8.70. The number of hydrogen-bond acceptors (Lipinski definition) is 3. The van der Waals surface area contributed by atoms with Gasteiger partial charge in [-0.1, -0.05) is 0 Å². The van der Waals surface area contributed by atoms with Gasteiger partial charge in [0.1, 0.15) is 11.3 Å². The van der Waals surface area contributed by atoms with Crippen LogP contribution in [0, 0.1) is 0 Å². The molecule has 2 aromatic heterocycles. The van der Waals surface area contributed by atoms with Crippen molar-refractivity contribution in [2.45, 2.75) is 64.1 Å². The summed E-state index contributed by atoms with van der Waals surface area (Å²) in [6.07, 6.45) is 9.58. The van der Waals surface area contributed by atoms with Gasteiger partial charge in [-0.05, 0) is 70.7 Å². The second-order valence-corrected chi connectivity index (χ2v) is 9.65. The lowest BCUT2D eigenvalue weighted by Gasteiger charge is -2.36. The smallest absolute Gasteiger partial charge is 0.410 e. The van der Waals surface area contributed by atoms with E-state index < -0.39 is 5.60 Å². The minimum absolute atomic E-state index is 0.116. The van der Waals surface area contributed by atoms with Gasteiger partial charge in [-0.3, -0.25) is 4.79 Å². The second-order valence-electron chi connectivity index (χ2n) is 9.65. The molecule has 4 rings (SSSR count). The number of aromatic nitrogens is 2. The third kappa shape index (κ3) is 4.97. The van der Waals surface area contributed by atoms with Gasteiger partial charge in [0.15, 0.2) is 0 Å². The van der Waals surface area contributed by atoms with Crippen molar-refractivity contribution in [2.24, 2.45) is 0 Å². The summed E-state index contributed by atoms with van der Waals surface area (Å²) in [5.41, 5.74) is 0.276. The first-order chi connectivity index (χ1) is 14.8. The molecule has 31 heavy (non-hydrogen) atoms. The Morgan fingerprint density at radius 3 is 2.03 bits per heavy atom. The molecule has 0 spiro atoms. The van der Waals surface area contributed by atoms with Crippen LogP contribution in [0.4, 0.5) is 4.79 Å². The molecular weight excluding hydrogens is 392 g/mol. The van der Waals surface area contributed by atoms with E-state index in [1.807, 2.05) is 44.0 Å². The van der Waals surface area contributed by atoms with Crippen molar-refractivity contribution in [3.63, 3.8) is 0 Å². The summed E-state index contributed by atoms with van der Waals surface area (Å²) in [7, 11) is 0. The van der Waals surface area contributed by atoms with Gasteiger partial charge in [-0.25, -0.2) is 4.79 Å². The fourth-order valence-corrected chi connectivity index (χ4v) is 4.67. The van der Waals surface area contributed by atoms with Gasteiger partial charge in [0.05, 0.1) is 0 Å². The number of likely N-dealkylation sites (tertiary alicyclic amines) is 2. The van der Waals surface area contributed by atoms with E-state index in [9.17, 15) is 9.59 Å². The number of rotatable bonds is 3. The Hall–Kier alpha value is -2.70. The Labute approximate surface area is 184 Å². The lowest BCUT2D eigenvalue weighted by atomic mass is 10.0. The summed E-state index contributed by atoms with van der Waals surface area (Å²) in [5, 5.41) is 0. The lowest BCUT2D eigenvalue weighted by molar-refractivity contribution is 0.0186. The fraction of sp³-hybridized carbons (Fsp3) is 0.583. The van der Waals surface area contributed by atoms with E-state index >= 15 is 0 Å². The van der Waals surface area contributed by atoms with E-state index in [1.165, 1.54) is 0 Å². The molecule has 7 heteroatoms. The minimum atomic E-state index is -0.483. The molecule has 0 aromatic carbocycles. The predicted octanol–water partition coefficient (Wildman–Crippen LogP) is 4.34. The van der Waals surface area contributed by atoms with Crippen LogP contribution < -0.4 is 0 Å². The SMILES string of the molecule is CC(C)(C)OC(=O)N1CCC(n2cccc2C(=O)N2CCC(n3cccc3)CC2)CC1. The highest BCUT2D eigenvalue weighted by Gasteiger charge is 2.30. The third-order valence-electron chi connectivity index (χ3n) is 6.31. The summed E-state index contributed by atoms with van der Waals surface area (Å²) >= 11 is 0. The van der Waals surface area contributed by atoms with Crippen LogP contribution in [0.25, 0.3) is 0 Å². The first kappa shape index (κ1) is 21.5. The Kier molecular flexibility index (Phi) is 6.12. The Balaban J connectivity index is 1.34. The zero-order chi connectivity index (χ0) is 22.0. The first-order valence-electron chi connectivity index (χ1n) is 11.4. The van der Waals surface area contributed by atoms with Crippen LogP contribution in [0.15, 0.2) is 42.9 Å². The summed E-state index contributed by atoms with van der Waals surface area (Å²) in [5.74, 6) is 0.116. The van der Waals surface area contributed by atoms with Gasteiger partial charge in [0, 0.05) is 56.9 Å². The van der Waals surface area contributed by atoms with Crippen LogP contribution >= 0.6 is 0 Å². The molecule has 0 radical (unpaired) electrons. The lowest BCUT2D eigenvalue weighted by Crippen LogP contribution is -2.43. The van der Waals surface area contributed by atoms with E-state index in [-0.39, 0.29) is 18.0 Å². The highest BCUT2D eigenvalue weighted by atomic mass is 16.6. The van der Waals surface area contributed by atoms with Crippen molar-refractivity contribution in [3.8, 4) is 0 Å². The topological polar surface area (TPSA) is 59.7 Å². The number of nitrogens with zero attached hydrogens (tertiary/aromatic N) is 4. The van der Waals surface area contributed by atoms with Crippen molar-refractivity contribution < 1.29 is 14.3 Å². The predicted molar refractivity (Wildman–Crippen MR) is 119 cm³/mol. The standard InChI is InChI=1S/C24H34N4O3/c1-24(2,3)31-23(30)27-17-10-20(11-18-27)28-14-6-7-21(28)22(29)26-15-8-19(9-16-26)25-12-4-5-13-25/h4-7,12-14,19-20H,8-11,15-18H2,1-3H3. The number of ether oxygens (including phenoxy) is 1. The number of hydrogen-bond donors (Lipinski definition) is 0. The van der Waals surface area contributed by atoms with Gasteiger partial charge < -0.3 is 23.7 Å². The highest BCUT2D eigenvalue weighted by Crippen LogP contribution is 2.28. The van der Waals surface area contributed by atoms with Crippen LogP contribution in [0.1, 0.15) is 69.0 Å². The first-order valence-corrected chi connectivity index (χ1v) is 11.4. The Morgan fingerprint density at radius 2 is 1.42 bits per heavy atom. The molecule has 0 N–H and O–H groups in total. The molecule has 0 unspecified atom stereocenters. The normalized spacial score (nSPS) is 18.9. The molecule has 2 saturated heterocycles. The monoisotopic (exact) mass is 426 g/mol. The fourth-order valence-electron chi connectivity index (χ4n) is 4.67. The van der Waals surface area contributed by atoms with Gasteiger partial charge in [-0.15, -0.1) is 0 Å². The maximum absolute atomic E-state index is 13.3. The molecule has 0 bridgehead atoms. The highest BCUT2D eigenvalue weighted by molar-refractivity contribution is 5.93. The zero-order valence-electron chi connectivity index (χ0n) is 18.9. The molecule has 2 aliphatic heterocycles. The molecule has 2 fully saturated rings. The van der Waals surface area contributed by atoms with Crippen molar-refractivity contribution in [3.05, 3.63) is 48.5 Å². The zero-order valence-corrected chi connectivity index (χ0v) is 18.9. The maximum atomic E-state index is 13.3. The molecule has 2 aromatic rings. The molecule has 168 valence electrons. The largest absolute Gasteiger partial charge is 0.444 e. The number of carbonyl (C=O) groups is 2. The minimum Gasteiger partial charge on any atom is -0.444 e. The quantitative estimate of drug-likeness (QED) is 0.734. The summed E-state index contributed by atoms with van der Waals surface area (Å²) in [6.45, 7) is 8.51. The molecule has 7 nitrogen and oxygen atoms in total. The Morgan fingerprint density at radius 1 is 0.839 bits per heavy atom. The van der Waals surface area contributed by atoms with Crippen molar-refractivity contribution in [1.29, 1.82) is 0 Å². The molecule has 0 aliphatic carbocycles. The third-order valence-corrected chi connectivity index (χ3v) is 6.31. The van der Waals surface area contributed by atoms with Crippen LogP contribution in [-0.2, 0) is 4.74 Å². The molecule has 4 heterocycles. The van der Waals surface area contributed by atoms with Crippen molar-refractivity contribution >= 4 is 12.0 Å². The van der Waals surface area contributed by atoms with E-state index in [4.69, 9.17) is 4.74 Å².